The van der Waals surface area contributed by atoms with Gasteiger partial charge in [-0.15, -0.1) is 10.2 Å². The van der Waals surface area contributed by atoms with E-state index in [1.165, 1.54) is 6.07 Å². The summed E-state index contributed by atoms with van der Waals surface area (Å²) in [5.74, 6) is -0.0371. The first-order chi connectivity index (χ1) is 8.49. The van der Waals surface area contributed by atoms with E-state index in [0.717, 1.165) is 16.7 Å². The van der Waals surface area contributed by atoms with Crippen molar-refractivity contribution in [2.45, 2.75) is 20.8 Å². The second-order valence-corrected chi connectivity index (χ2v) is 4.44. The zero-order chi connectivity index (χ0) is 13.3. The summed E-state index contributed by atoms with van der Waals surface area (Å²) < 4.78 is 19.0. The van der Waals surface area contributed by atoms with Crippen molar-refractivity contribution in [1.82, 2.24) is 10.2 Å². The number of aryl methyl sites for hydroxylation is 1. The topological polar surface area (TPSA) is 35.0 Å². The van der Waals surface area contributed by atoms with Crippen molar-refractivity contribution in [3.05, 3.63) is 45.9 Å². The van der Waals surface area contributed by atoms with Crippen LogP contribution in [0, 0.1) is 26.6 Å². The van der Waals surface area contributed by atoms with Crippen LogP contribution in [0.5, 0.6) is 11.6 Å². The van der Waals surface area contributed by atoms with E-state index in [9.17, 15) is 4.39 Å². The van der Waals surface area contributed by atoms with Crippen molar-refractivity contribution < 1.29 is 9.13 Å². The molecule has 0 saturated heterocycles. The van der Waals surface area contributed by atoms with E-state index in [1.807, 2.05) is 13.8 Å². The lowest BCUT2D eigenvalue weighted by atomic mass is 10.2. The number of aromatic nitrogens is 2. The van der Waals surface area contributed by atoms with Gasteiger partial charge >= 0.3 is 0 Å². The van der Waals surface area contributed by atoms with Gasteiger partial charge in [0.15, 0.2) is 16.7 Å². The Morgan fingerprint density at radius 1 is 1.11 bits per heavy atom. The van der Waals surface area contributed by atoms with Crippen LogP contribution in [0.3, 0.4) is 0 Å². The molecule has 0 aliphatic carbocycles. The van der Waals surface area contributed by atoms with Crippen LogP contribution in [-0.4, -0.2) is 10.2 Å². The maximum absolute atomic E-state index is 13.6. The molecule has 0 radical (unpaired) electrons. The van der Waals surface area contributed by atoms with Gasteiger partial charge in [-0.05, 0) is 44.0 Å². The quantitative estimate of drug-likeness (QED) is 0.824. The first kappa shape index (κ1) is 12.8. The molecule has 0 saturated carbocycles. The molecule has 0 amide bonds. The molecule has 1 aromatic carbocycles. The minimum atomic E-state index is -0.436. The van der Waals surface area contributed by atoms with Crippen LogP contribution in [0.2, 0.25) is 5.15 Å². The number of ether oxygens (including phenoxy) is 1. The van der Waals surface area contributed by atoms with Crippen LogP contribution in [-0.2, 0) is 0 Å². The van der Waals surface area contributed by atoms with Crippen molar-refractivity contribution in [3.63, 3.8) is 0 Å². The summed E-state index contributed by atoms with van der Waals surface area (Å²) in [4.78, 5) is 0. The molecule has 94 valence electrons. The Labute approximate surface area is 110 Å². The predicted molar refractivity (Wildman–Crippen MR) is 67.7 cm³/mol. The van der Waals surface area contributed by atoms with Crippen LogP contribution in [0.4, 0.5) is 4.39 Å². The highest BCUT2D eigenvalue weighted by molar-refractivity contribution is 6.30. The molecule has 0 spiro atoms. The molecule has 2 aromatic rings. The average molecular weight is 267 g/mol. The smallest absolute Gasteiger partial charge is 0.242 e. The number of rotatable bonds is 2. The molecule has 0 aliphatic heterocycles. The Hall–Kier alpha value is -1.68. The number of hydrogen-bond donors (Lipinski definition) is 0. The maximum atomic E-state index is 13.6. The predicted octanol–water partition coefficient (Wildman–Crippen LogP) is 3.99. The monoisotopic (exact) mass is 266 g/mol. The molecule has 0 aliphatic rings. The van der Waals surface area contributed by atoms with Gasteiger partial charge < -0.3 is 4.74 Å². The third-order valence-corrected chi connectivity index (χ3v) is 3.07. The Balaban J connectivity index is 2.40. The van der Waals surface area contributed by atoms with Gasteiger partial charge in [-0.3, -0.25) is 0 Å². The highest BCUT2D eigenvalue weighted by Gasteiger charge is 2.12. The number of halogens is 2. The van der Waals surface area contributed by atoms with Crippen LogP contribution in [0.25, 0.3) is 0 Å². The normalized spacial score (nSPS) is 10.5. The van der Waals surface area contributed by atoms with Crippen molar-refractivity contribution in [1.29, 1.82) is 0 Å². The Kier molecular flexibility index (Phi) is 3.48. The number of benzene rings is 1. The number of nitrogens with zero attached hydrogens (tertiary/aromatic N) is 2. The van der Waals surface area contributed by atoms with Gasteiger partial charge in [0.25, 0.3) is 0 Å². The van der Waals surface area contributed by atoms with Gasteiger partial charge in [-0.1, -0.05) is 17.7 Å². The first-order valence-corrected chi connectivity index (χ1v) is 5.80. The molecule has 1 heterocycles. The van der Waals surface area contributed by atoms with Crippen LogP contribution in [0.15, 0.2) is 18.2 Å². The second-order valence-electron chi connectivity index (χ2n) is 4.08. The Morgan fingerprint density at radius 2 is 1.83 bits per heavy atom. The molecule has 2 rings (SSSR count). The zero-order valence-electron chi connectivity index (χ0n) is 10.3. The standard InChI is InChI=1S/C13H12ClFN2O/c1-7-4-5-10(15)11(6-7)18-13-9(3)8(2)12(14)16-17-13/h4-6H,1-3H3. The van der Waals surface area contributed by atoms with E-state index in [-0.39, 0.29) is 11.6 Å². The molecule has 0 bridgehead atoms. The van der Waals surface area contributed by atoms with Gasteiger partial charge in [-0.2, -0.15) is 0 Å². The van der Waals surface area contributed by atoms with Crippen LogP contribution in [0.1, 0.15) is 16.7 Å². The molecular weight excluding hydrogens is 255 g/mol. The average Bonchev–Trinajstić information content (AvgIpc) is 2.34. The molecule has 0 fully saturated rings. The lowest BCUT2D eigenvalue weighted by Crippen LogP contribution is -1.99. The summed E-state index contributed by atoms with van der Waals surface area (Å²) in [6.07, 6.45) is 0. The molecule has 0 unspecified atom stereocenters. The molecule has 0 atom stereocenters. The first-order valence-electron chi connectivity index (χ1n) is 5.42. The van der Waals surface area contributed by atoms with E-state index in [4.69, 9.17) is 16.3 Å². The molecule has 5 heteroatoms. The minimum absolute atomic E-state index is 0.133. The zero-order valence-corrected chi connectivity index (χ0v) is 11.0. The van der Waals surface area contributed by atoms with E-state index in [1.54, 1.807) is 19.1 Å². The summed E-state index contributed by atoms with van der Waals surface area (Å²) in [6, 6.07) is 4.64. The summed E-state index contributed by atoms with van der Waals surface area (Å²) in [5.41, 5.74) is 2.42. The van der Waals surface area contributed by atoms with E-state index >= 15 is 0 Å². The number of hydrogen-bond acceptors (Lipinski definition) is 3. The van der Waals surface area contributed by atoms with Crippen LogP contribution >= 0.6 is 11.6 Å². The molecular formula is C13H12ClFN2O. The molecule has 0 N–H and O–H groups in total. The third kappa shape index (κ3) is 2.43. The third-order valence-electron chi connectivity index (χ3n) is 2.71. The fraction of sp³-hybridized carbons (Fsp3) is 0.231. The van der Waals surface area contributed by atoms with Crippen LogP contribution < -0.4 is 4.74 Å². The summed E-state index contributed by atoms with van der Waals surface area (Å²) >= 11 is 5.84. The van der Waals surface area contributed by atoms with Crippen molar-refractivity contribution in [2.75, 3.05) is 0 Å². The lowest BCUT2D eigenvalue weighted by Gasteiger charge is -2.10. The fourth-order valence-corrected chi connectivity index (χ4v) is 1.62. The summed E-state index contributed by atoms with van der Waals surface area (Å²) in [5, 5.41) is 7.91. The van der Waals surface area contributed by atoms with E-state index < -0.39 is 5.82 Å². The Bertz CT molecular complexity index is 602. The highest BCUT2D eigenvalue weighted by Crippen LogP contribution is 2.28. The fourth-order valence-electron chi connectivity index (χ4n) is 1.44. The largest absolute Gasteiger partial charge is 0.434 e. The second kappa shape index (κ2) is 4.90. The van der Waals surface area contributed by atoms with Crippen molar-refractivity contribution >= 4 is 11.6 Å². The molecule has 3 nitrogen and oxygen atoms in total. The van der Waals surface area contributed by atoms with Gasteiger partial charge in [-0.25, -0.2) is 4.39 Å². The van der Waals surface area contributed by atoms with Crippen molar-refractivity contribution in [2.24, 2.45) is 0 Å². The lowest BCUT2D eigenvalue weighted by molar-refractivity contribution is 0.418. The summed E-state index contributed by atoms with van der Waals surface area (Å²) in [6.45, 7) is 5.47. The van der Waals surface area contributed by atoms with Crippen molar-refractivity contribution in [3.8, 4) is 11.6 Å². The molecule has 18 heavy (non-hydrogen) atoms. The maximum Gasteiger partial charge on any atom is 0.242 e. The van der Waals surface area contributed by atoms with Gasteiger partial charge in [0.2, 0.25) is 5.88 Å². The van der Waals surface area contributed by atoms with Gasteiger partial charge in [0.1, 0.15) is 0 Å². The molecule has 1 aromatic heterocycles. The highest BCUT2D eigenvalue weighted by atomic mass is 35.5. The van der Waals surface area contributed by atoms with E-state index in [0.29, 0.717) is 5.15 Å². The minimum Gasteiger partial charge on any atom is -0.434 e. The van der Waals surface area contributed by atoms with Gasteiger partial charge in [0.05, 0.1) is 0 Å². The Morgan fingerprint density at radius 3 is 2.56 bits per heavy atom. The van der Waals surface area contributed by atoms with E-state index in [2.05, 4.69) is 10.2 Å². The van der Waals surface area contributed by atoms with Gasteiger partial charge in [0, 0.05) is 5.56 Å². The summed E-state index contributed by atoms with van der Waals surface area (Å²) in [7, 11) is 0. The SMILES string of the molecule is Cc1ccc(F)c(Oc2nnc(Cl)c(C)c2C)c1.